The zero-order valence-corrected chi connectivity index (χ0v) is 11.9. The van der Waals surface area contributed by atoms with E-state index in [-0.39, 0.29) is 0 Å². The number of hydrogen-bond donors (Lipinski definition) is 1. The van der Waals surface area contributed by atoms with Gasteiger partial charge in [0.15, 0.2) is 5.82 Å². The quantitative estimate of drug-likeness (QED) is 0.916. The summed E-state index contributed by atoms with van der Waals surface area (Å²) in [6.45, 7) is 1.16. The number of aromatic nitrogens is 3. The maximum Gasteiger partial charge on any atom is 0.170 e. The molecule has 5 nitrogen and oxygen atoms in total. The second-order valence-electron chi connectivity index (χ2n) is 3.91. The first-order valence-corrected chi connectivity index (χ1v) is 6.39. The Bertz CT molecular complexity index is 527. The molecule has 0 aliphatic rings. The van der Waals surface area contributed by atoms with Crippen molar-refractivity contribution >= 4 is 15.9 Å². The van der Waals surface area contributed by atoms with Gasteiger partial charge >= 0.3 is 0 Å². The molecule has 0 aliphatic heterocycles. The molecular formula is C12H15BrN4O. The fourth-order valence-electron chi connectivity index (χ4n) is 1.62. The lowest BCUT2D eigenvalue weighted by Crippen LogP contribution is -2.09. The number of benzene rings is 1. The van der Waals surface area contributed by atoms with Crippen LogP contribution in [0.1, 0.15) is 11.4 Å². The van der Waals surface area contributed by atoms with E-state index in [1.807, 2.05) is 36.9 Å². The molecule has 0 unspecified atom stereocenters. The number of halogens is 1. The predicted octanol–water partition coefficient (Wildman–Crippen LogP) is 1.88. The fourth-order valence-corrected chi connectivity index (χ4v) is 2.14. The van der Waals surface area contributed by atoms with Crippen molar-refractivity contribution in [2.24, 2.45) is 7.05 Å². The third-order valence-electron chi connectivity index (χ3n) is 2.57. The SMILES string of the molecule is CNCc1cccc(Br)c1OCc1nncn1C. The molecule has 0 spiro atoms. The van der Waals surface area contributed by atoms with E-state index in [0.717, 1.165) is 28.2 Å². The largest absolute Gasteiger partial charge is 0.484 e. The van der Waals surface area contributed by atoms with Gasteiger partial charge in [-0.2, -0.15) is 0 Å². The van der Waals surface area contributed by atoms with Crippen LogP contribution in [0.4, 0.5) is 0 Å². The third kappa shape index (κ3) is 2.88. The van der Waals surface area contributed by atoms with Crippen LogP contribution in [0.25, 0.3) is 0 Å². The average molecular weight is 311 g/mol. The Morgan fingerprint density at radius 3 is 2.94 bits per heavy atom. The molecule has 0 saturated heterocycles. The molecule has 0 aliphatic carbocycles. The van der Waals surface area contributed by atoms with Crippen LogP contribution < -0.4 is 10.1 Å². The van der Waals surface area contributed by atoms with Gasteiger partial charge in [0.05, 0.1) is 4.47 Å². The van der Waals surface area contributed by atoms with Crippen LogP contribution in [-0.2, 0) is 20.2 Å². The van der Waals surface area contributed by atoms with Crippen molar-refractivity contribution in [3.8, 4) is 5.75 Å². The number of para-hydroxylation sites is 1. The lowest BCUT2D eigenvalue weighted by Gasteiger charge is -2.12. The van der Waals surface area contributed by atoms with Crippen LogP contribution in [-0.4, -0.2) is 21.8 Å². The average Bonchev–Trinajstić information content (AvgIpc) is 2.75. The summed E-state index contributed by atoms with van der Waals surface area (Å²) in [5, 5.41) is 10.9. The van der Waals surface area contributed by atoms with E-state index < -0.39 is 0 Å². The molecule has 2 aromatic rings. The van der Waals surface area contributed by atoms with E-state index >= 15 is 0 Å². The molecule has 6 heteroatoms. The Balaban J connectivity index is 2.15. The van der Waals surface area contributed by atoms with Crippen LogP contribution in [0.5, 0.6) is 5.75 Å². The standard InChI is InChI=1S/C12H15BrN4O/c1-14-6-9-4-3-5-10(13)12(9)18-7-11-16-15-8-17(11)2/h3-5,8,14H,6-7H2,1-2H3. The first-order valence-electron chi connectivity index (χ1n) is 5.60. The van der Waals surface area contributed by atoms with E-state index in [9.17, 15) is 0 Å². The number of aryl methyl sites for hydroxylation is 1. The van der Waals surface area contributed by atoms with E-state index in [0.29, 0.717) is 6.61 Å². The second kappa shape index (κ2) is 5.97. The zero-order valence-electron chi connectivity index (χ0n) is 10.4. The summed E-state index contributed by atoms with van der Waals surface area (Å²) in [6.07, 6.45) is 1.66. The molecular weight excluding hydrogens is 296 g/mol. The Hall–Kier alpha value is -1.40. The molecule has 1 aromatic carbocycles. The number of rotatable bonds is 5. The van der Waals surface area contributed by atoms with Gasteiger partial charge in [-0.3, -0.25) is 0 Å². The lowest BCUT2D eigenvalue weighted by molar-refractivity contribution is 0.286. The maximum atomic E-state index is 5.84. The van der Waals surface area contributed by atoms with Crippen LogP contribution in [0.15, 0.2) is 29.0 Å². The molecule has 0 atom stereocenters. The Kier molecular flexibility index (Phi) is 4.33. The highest BCUT2D eigenvalue weighted by Crippen LogP contribution is 2.29. The summed E-state index contributed by atoms with van der Waals surface area (Å²) < 4.78 is 8.62. The maximum absolute atomic E-state index is 5.84. The molecule has 2 rings (SSSR count). The molecule has 0 fully saturated rings. The highest BCUT2D eigenvalue weighted by molar-refractivity contribution is 9.10. The van der Waals surface area contributed by atoms with Gasteiger partial charge in [0.25, 0.3) is 0 Å². The predicted molar refractivity (Wildman–Crippen MR) is 72.2 cm³/mol. The zero-order chi connectivity index (χ0) is 13.0. The van der Waals surface area contributed by atoms with Gasteiger partial charge in [0.2, 0.25) is 0 Å². The highest BCUT2D eigenvalue weighted by atomic mass is 79.9. The summed E-state index contributed by atoms with van der Waals surface area (Å²) in [5.74, 6) is 1.64. The first-order chi connectivity index (χ1) is 8.72. The van der Waals surface area contributed by atoms with Gasteiger partial charge in [-0.05, 0) is 29.0 Å². The van der Waals surface area contributed by atoms with Gasteiger partial charge in [0, 0.05) is 19.2 Å². The van der Waals surface area contributed by atoms with E-state index in [1.54, 1.807) is 6.33 Å². The summed E-state index contributed by atoms with van der Waals surface area (Å²) in [4.78, 5) is 0. The molecule has 1 aromatic heterocycles. The van der Waals surface area contributed by atoms with Crippen molar-refractivity contribution in [1.29, 1.82) is 0 Å². The topological polar surface area (TPSA) is 52.0 Å². The van der Waals surface area contributed by atoms with Gasteiger partial charge < -0.3 is 14.6 Å². The minimum Gasteiger partial charge on any atom is -0.484 e. The summed E-state index contributed by atoms with van der Waals surface area (Å²) in [6, 6.07) is 5.99. The number of nitrogens with zero attached hydrogens (tertiary/aromatic N) is 3. The number of nitrogens with one attached hydrogen (secondary N) is 1. The monoisotopic (exact) mass is 310 g/mol. The number of ether oxygens (including phenoxy) is 1. The molecule has 0 amide bonds. The van der Waals surface area contributed by atoms with Gasteiger partial charge in [-0.15, -0.1) is 10.2 Å². The third-order valence-corrected chi connectivity index (χ3v) is 3.19. The van der Waals surface area contributed by atoms with E-state index in [4.69, 9.17) is 4.74 Å². The second-order valence-corrected chi connectivity index (χ2v) is 4.76. The van der Waals surface area contributed by atoms with E-state index in [2.05, 4.69) is 31.4 Å². The lowest BCUT2D eigenvalue weighted by atomic mass is 10.2. The van der Waals surface area contributed by atoms with Crippen LogP contribution in [0.3, 0.4) is 0 Å². The van der Waals surface area contributed by atoms with Crippen molar-refractivity contribution < 1.29 is 4.74 Å². The molecule has 18 heavy (non-hydrogen) atoms. The molecule has 1 heterocycles. The Morgan fingerprint density at radius 1 is 1.44 bits per heavy atom. The van der Waals surface area contributed by atoms with E-state index in [1.165, 1.54) is 0 Å². The van der Waals surface area contributed by atoms with Crippen LogP contribution in [0.2, 0.25) is 0 Å². The molecule has 0 saturated carbocycles. The molecule has 96 valence electrons. The highest BCUT2D eigenvalue weighted by Gasteiger charge is 2.09. The summed E-state index contributed by atoms with van der Waals surface area (Å²) in [7, 11) is 3.81. The van der Waals surface area contributed by atoms with Gasteiger partial charge in [0.1, 0.15) is 18.7 Å². The molecule has 1 N–H and O–H groups in total. The first kappa shape index (κ1) is 13.0. The molecule has 0 bridgehead atoms. The van der Waals surface area contributed by atoms with Crippen molar-refractivity contribution in [3.63, 3.8) is 0 Å². The van der Waals surface area contributed by atoms with Crippen LogP contribution in [0, 0.1) is 0 Å². The summed E-state index contributed by atoms with van der Waals surface area (Å²) >= 11 is 3.50. The minimum atomic E-state index is 0.399. The van der Waals surface area contributed by atoms with Crippen molar-refractivity contribution in [2.45, 2.75) is 13.2 Å². The minimum absolute atomic E-state index is 0.399. The van der Waals surface area contributed by atoms with Gasteiger partial charge in [-0.1, -0.05) is 12.1 Å². The van der Waals surface area contributed by atoms with Crippen molar-refractivity contribution in [3.05, 3.63) is 40.4 Å². The Morgan fingerprint density at radius 2 is 2.28 bits per heavy atom. The van der Waals surface area contributed by atoms with Crippen molar-refractivity contribution in [1.82, 2.24) is 20.1 Å². The fraction of sp³-hybridized carbons (Fsp3) is 0.333. The Labute approximate surface area is 114 Å². The summed E-state index contributed by atoms with van der Waals surface area (Å²) in [5.41, 5.74) is 1.11. The van der Waals surface area contributed by atoms with Crippen molar-refractivity contribution in [2.75, 3.05) is 7.05 Å². The van der Waals surface area contributed by atoms with Gasteiger partial charge in [-0.25, -0.2) is 0 Å². The number of hydrogen-bond acceptors (Lipinski definition) is 4. The molecule has 0 radical (unpaired) electrons. The van der Waals surface area contributed by atoms with Crippen LogP contribution >= 0.6 is 15.9 Å². The normalized spacial score (nSPS) is 10.6. The smallest absolute Gasteiger partial charge is 0.170 e.